The molecule has 84 valence electrons. The molecule has 0 saturated carbocycles. The standard InChI is InChI=1S/C10H17N3O2/c1-11-6-2-5-9-12-10(15-13-9)8-4-3-7-14-8/h8,11H,2-7H2,1H3. The second kappa shape index (κ2) is 5.23. The van der Waals surface area contributed by atoms with Crippen LogP contribution < -0.4 is 5.32 Å². The smallest absolute Gasteiger partial charge is 0.255 e. The van der Waals surface area contributed by atoms with Crippen molar-refractivity contribution in [2.45, 2.75) is 31.8 Å². The molecule has 15 heavy (non-hydrogen) atoms. The predicted octanol–water partition coefficient (Wildman–Crippen LogP) is 1.07. The van der Waals surface area contributed by atoms with Crippen LogP contribution in [0.1, 0.15) is 37.1 Å². The second-order valence-corrected chi connectivity index (χ2v) is 3.76. The van der Waals surface area contributed by atoms with Crippen LogP contribution in [-0.2, 0) is 11.2 Å². The van der Waals surface area contributed by atoms with Crippen molar-refractivity contribution < 1.29 is 9.26 Å². The fraction of sp³-hybridized carbons (Fsp3) is 0.800. The van der Waals surface area contributed by atoms with Crippen molar-refractivity contribution in [2.75, 3.05) is 20.2 Å². The molecule has 0 bridgehead atoms. The van der Waals surface area contributed by atoms with E-state index in [1.165, 1.54) is 0 Å². The van der Waals surface area contributed by atoms with Crippen LogP contribution in [0.5, 0.6) is 0 Å². The normalized spacial score (nSPS) is 21.0. The van der Waals surface area contributed by atoms with Crippen molar-refractivity contribution in [3.05, 3.63) is 11.7 Å². The van der Waals surface area contributed by atoms with E-state index in [0.717, 1.165) is 44.7 Å². The van der Waals surface area contributed by atoms with Crippen LogP contribution in [-0.4, -0.2) is 30.3 Å². The zero-order valence-electron chi connectivity index (χ0n) is 9.03. The molecule has 0 radical (unpaired) electrons. The van der Waals surface area contributed by atoms with Crippen LogP contribution in [0, 0.1) is 0 Å². The molecule has 2 rings (SSSR count). The van der Waals surface area contributed by atoms with Gasteiger partial charge in [-0.2, -0.15) is 4.98 Å². The minimum atomic E-state index is 0.0375. The van der Waals surface area contributed by atoms with Crippen molar-refractivity contribution in [1.82, 2.24) is 15.5 Å². The Balaban J connectivity index is 1.86. The number of rotatable bonds is 5. The lowest BCUT2D eigenvalue weighted by Gasteiger charge is -2.00. The summed E-state index contributed by atoms with van der Waals surface area (Å²) in [6, 6.07) is 0. The van der Waals surface area contributed by atoms with Gasteiger partial charge in [0.25, 0.3) is 5.89 Å². The van der Waals surface area contributed by atoms with Crippen molar-refractivity contribution in [3.63, 3.8) is 0 Å². The van der Waals surface area contributed by atoms with Gasteiger partial charge in [0.15, 0.2) is 5.82 Å². The topological polar surface area (TPSA) is 60.2 Å². The van der Waals surface area contributed by atoms with E-state index in [-0.39, 0.29) is 6.10 Å². The van der Waals surface area contributed by atoms with Gasteiger partial charge in [0.1, 0.15) is 6.10 Å². The Hall–Kier alpha value is -0.940. The molecular formula is C10H17N3O2. The minimum absolute atomic E-state index is 0.0375. The average Bonchev–Trinajstić information content (AvgIpc) is 2.87. The molecule has 1 N–H and O–H groups in total. The molecule has 1 aliphatic rings. The fourth-order valence-corrected chi connectivity index (χ4v) is 1.70. The fourth-order valence-electron chi connectivity index (χ4n) is 1.70. The molecule has 2 heterocycles. The zero-order valence-corrected chi connectivity index (χ0v) is 9.03. The van der Waals surface area contributed by atoms with Crippen molar-refractivity contribution >= 4 is 0 Å². The van der Waals surface area contributed by atoms with Gasteiger partial charge in [-0.1, -0.05) is 5.16 Å². The lowest BCUT2D eigenvalue weighted by Crippen LogP contribution is -2.08. The zero-order chi connectivity index (χ0) is 10.5. The van der Waals surface area contributed by atoms with Crippen LogP contribution in [0.25, 0.3) is 0 Å². The molecule has 0 spiro atoms. The van der Waals surface area contributed by atoms with E-state index < -0.39 is 0 Å². The molecule has 1 aliphatic heterocycles. The SMILES string of the molecule is CNCCCc1noc(C2CCCO2)n1. The molecule has 1 saturated heterocycles. The summed E-state index contributed by atoms with van der Waals surface area (Å²) in [5, 5.41) is 7.03. The van der Waals surface area contributed by atoms with E-state index in [9.17, 15) is 0 Å². The van der Waals surface area contributed by atoms with Crippen LogP contribution >= 0.6 is 0 Å². The molecule has 1 aromatic heterocycles. The number of hydrogen-bond donors (Lipinski definition) is 1. The summed E-state index contributed by atoms with van der Waals surface area (Å²) in [5.41, 5.74) is 0. The molecule has 0 aliphatic carbocycles. The molecule has 5 nitrogen and oxygen atoms in total. The van der Waals surface area contributed by atoms with Crippen LogP contribution in [0.2, 0.25) is 0 Å². The van der Waals surface area contributed by atoms with E-state index in [4.69, 9.17) is 9.26 Å². The summed E-state index contributed by atoms with van der Waals surface area (Å²) in [6.07, 6.45) is 4.01. The third-order valence-corrected chi connectivity index (χ3v) is 2.52. The lowest BCUT2D eigenvalue weighted by atomic mass is 10.2. The summed E-state index contributed by atoms with van der Waals surface area (Å²) in [5.74, 6) is 1.43. The van der Waals surface area contributed by atoms with Gasteiger partial charge in [0, 0.05) is 13.0 Å². The Morgan fingerprint density at radius 2 is 2.47 bits per heavy atom. The Morgan fingerprint density at radius 1 is 1.53 bits per heavy atom. The maximum absolute atomic E-state index is 5.47. The summed E-state index contributed by atoms with van der Waals surface area (Å²) in [6.45, 7) is 1.78. The van der Waals surface area contributed by atoms with Gasteiger partial charge >= 0.3 is 0 Å². The third-order valence-electron chi connectivity index (χ3n) is 2.52. The average molecular weight is 211 g/mol. The van der Waals surface area contributed by atoms with Gasteiger partial charge in [-0.25, -0.2) is 0 Å². The Morgan fingerprint density at radius 3 is 3.20 bits per heavy atom. The monoisotopic (exact) mass is 211 g/mol. The number of nitrogens with one attached hydrogen (secondary N) is 1. The first-order valence-electron chi connectivity index (χ1n) is 5.49. The molecule has 0 amide bonds. The Bertz CT molecular complexity index is 295. The van der Waals surface area contributed by atoms with Gasteiger partial charge < -0.3 is 14.6 Å². The van der Waals surface area contributed by atoms with E-state index in [0.29, 0.717) is 5.89 Å². The molecule has 5 heteroatoms. The highest BCUT2D eigenvalue weighted by molar-refractivity contribution is 4.92. The van der Waals surface area contributed by atoms with E-state index in [1.54, 1.807) is 0 Å². The molecule has 1 atom stereocenters. The first-order chi connectivity index (χ1) is 7.40. The molecule has 1 aromatic rings. The largest absolute Gasteiger partial charge is 0.368 e. The van der Waals surface area contributed by atoms with Gasteiger partial charge in [0.2, 0.25) is 0 Å². The summed E-state index contributed by atoms with van der Waals surface area (Å²) in [4.78, 5) is 4.33. The lowest BCUT2D eigenvalue weighted by molar-refractivity contribution is 0.0835. The second-order valence-electron chi connectivity index (χ2n) is 3.76. The first-order valence-corrected chi connectivity index (χ1v) is 5.49. The van der Waals surface area contributed by atoms with Crippen molar-refractivity contribution in [3.8, 4) is 0 Å². The maximum Gasteiger partial charge on any atom is 0.255 e. The molecule has 0 aromatic carbocycles. The van der Waals surface area contributed by atoms with E-state index in [2.05, 4.69) is 15.5 Å². The maximum atomic E-state index is 5.47. The highest BCUT2D eigenvalue weighted by Crippen LogP contribution is 2.26. The number of hydrogen-bond acceptors (Lipinski definition) is 5. The van der Waals surface area contributed by atoms with Gasteiger partial charge in [-0.05, 0) is 32.9 Å². The van der Waals surface area contributed by atoms with Gasteiger partial charge in [-0.3, -0.25) is 0 Å². The highest BCUT2D eigenvalue weighted by Gasteiger charge is 2.23. The number of nitrogens with zero attached hydrogens (tertiary/aromatic N) is 2. The molecular weight excluding hydrogens is 194 g/mol. The summed E-state index contributed by atoms with van der Waals surface area (Å²) < 4.78 is 10.6. The van der Waals surface area contributed by atoms with Gasteiger partial charge in [0.05, 0.1) is 0 Å². The number of aromatic nitrogens is 2. The van der Waals surface area contributed by atoms with Crippen molar-refractivity contribution in [1.29, 1.82) is 0 Å². The van der Waals surface area contributed by atoms with Crippen LogP contribution in [0.3, 0.4) is 0 Å². The van der Waals surface area contributed by atoms with E-state index in [1.807, 2.05) is 7.05 Å². The molecule has 1 fully saturated rings. The van der Waals surface area contributed by atoms with Gasteiger partial charge in [-0.15, -0.1) is 0 Å². The van der Waals surface area contributed by atoms with Crippen LogP contribution in [0.4, 0.5) is 0 Å². The minimum Gasteiger partial charge on any atom is -0.368 e. The molecule has 1 unspecified atom stereocenters. The highest BCUT2D eigenvalue weighted by atomic mass is 16.5. The van der Waals surface area contributed by atoms with Crippen molar-refractivity contribution in [2.24, 2.45) is 0 Å². The quantitative estimate of drug-likeness (QED) is 0.738. The Labute approximate surface area is 89.2 Å². The first kappa shape index (κ1) is 10.6. The van der Waals surface area contributed by atoms with E-state index >= 15 is 0 Å². The summed E-state index contributed by atoms with van der Waals surface area (Å²) >= 11 is 0. The third kappa shape index (κ3) is 2.76. The Kier molecular flexibility index (Phi) is 3.69. The summed E-state index contributed by atoms with van der Waals surface area (Å²) in [7, 11) is 1.94. The predicted molar refractivity (Wildman–Crippen MR) is 54.5 cm³/mol. The number of ether oxygens (including phenoxy) is 1. The number of aryl methyl sites for hydroxylation is 1. The van der Waals surface area contributed by atoms with Crippen LogP contribution in [0.15, 0.2) is 4.52 Å².